The van der Waals surface area contributed by atoms with E-state index >= 15 is 0 Å². The lowest BCUT2D eigenvalue weighted by atomic mass is 9.93. The molecule has 1 aliphatic rings. The van der Waals surface area contributed by atoms with Crippen LogP contribution < -0.4 is 10.6 Å². The van der Waals surface area contributed by atoms with E-state index in [4.69, 9.17) is 4.74 Å². The molecule has 0 radical (unpaired) electrons. The summed E-state index contributed by atoms with van der Waals surface area (Å²) in [4.78, 5) is 2.54. The van der Waals surface area contributed by atoms with Crippen LogP contribution in [-0.4, -0.2) is 62.9 Å². The summed E-state index contributed by atoms with van der Waals surface area (Å²) < 4.78 is 5.49. The summed E-state index contributed by atoms with van der Waals surface area (Å²) in [7, 11) is 1.81. The molecule has 0 aromatic carbocycles. The molecule has 2 N–H and O–H groups in total. The molecule has 1 heterocycles. The minimum atomic E-state index is 0.0265. The van der Waals surface area contributed by atoms with E-state index in [1.54, 1.807) is 0 Å². The Morgan fingerprint density at radius 3 is 2.52 bits per heavy atom. The van der Waals surface area contributed by atoms with Gasteiger partial charge in [-0.2, -0.15) is 0 Å². The predicted molar refractivity (Wildman–Crippen MR) is 90.9 cm³/mol. The number of nitrogens with zero attached hydrogens (tertiary/aromatic N) is 1. The van der Waals surface area contributed by atoms with Crippen LogP contribution >= 0.6 is 0 Å². The first-order valence-corrected chi connectivity index (χ1v) is 8.66. The largest absolute Gasteiger partial charge is 0.379 e. The van der Waals surface area contributed by atoms with Crippen molar-refractivity contribution in [3.05, 3.63) is 0 Å². The van der Waals surface area contributed by atoms with E-state index in [0.29, 0.717) is 6.04 Å². The number of methoxy groups -OCH3 is 1. The predicted octanol–water partition coefficient (Wildman–Crippen LogP) is 2.10. The van der Waals surface area contributed by atoms with Crippen molar-refractivity contribution in [2.75, 3.05) is 46.4 Å². The number of hydrogen-bond acceptors (Lipinski definition) is 4. The lowest BCUT2D eigenvalue weighted by Gasteiger charge is -2.29. The molecule has 1 aliphatic heterocycles. The highest BCUT2D eigenvalue weighted by molar-refractivity contribution is 4.74. The number of hydrogen-bond donors (Lipinski definition) is 2. The Morgan fingerprint density at radius 1 is 1.24 bits per heavy atom. The fourth-order valence-electron chi connectivity index (χ4n) is 2.79. The molecule has 0 saturated carbocycles. The van der Waals surface area contributed by atoms with Gasteiger partial charge in [-0.3, -0.25) is 4.90 Å². The van der Waals surface area contributed by atoms with Crippen LogP contribution in [0.2, 0.25) is 0 Å². The van der Waals surface area contributed by atoms with Crippen molar-refractivity contribution < 1.29 is 4.74 Å². The van der Waals surface area contributed by atoms with Gasteiger partial charge < -0.3 is 15.4 Å². The Bertz CT molecular complexity index is 265. The van der Waals surface area contributed by atoms with Gasteiger partial charge in [0, 0.05) is 52.4 Å². The van der Waals surface area contributed by atoms with Gasteiger partial charge >= 0.3 is 0 Å². The zero-order chi connectivity index (χ0) is 15.7. The zero-order valence-electron chi connectivity index (χ0n) is 14.9. The average Bonchev–Trinajstić information content (AvgIpc) is 2.48. The Balaban J connectivity index is 2.08. The molecular weight excluding hydrogens is 262 g/mol. The number of nitrogens with one attached hydrogen (secondary N) is 2. The van der Waals surface area contributed by atoms with E-state index in [1.165, 1.54) is 32.5 Å². The summed E-state index contributed by atoms with van der Waals surface area (Å²) in [6.07, 6.45) is 3.65. The third kappa shape index (κ3) is 8.15. The van der Waals surface area contributed by atoms with Crippen molar-refractivity contribution in [2.24, 2.45) is 5.92 Å². The summed E-state index contributed by atoms with van der Waals surface area (Å²) in [5.41, 5.74) is 0.0265. The van der Waals surface area contributed by atoms with Crippen molar-refractivity contribution >= 4 is 0 Å². The molecule has 1 fully saturated rings. The molecule has 0 amide bonds. The number of ether oxygens (including phenoxy) is 1. The van der Waals surface area contributed by atoms with Gasteiger partial charge in [0.05, 0.1) is 5.60 Å². The summed E-state index contributed by atoms with van der Waals surface area (Å²) >= 11 is 0. The van der Waals surface area contributed by atoms with E-state index < -0.39 is 0 Å². The molecule has 0 unspecified atom stereocenters. The monoisotopic (exact) mass is 299 g/mol. The molecule has 4 nitrogen and oxygen atoms in total. The van der Waals surface area contributed by atoms with Gasteiger partial charge in [-0.15, -0.1) is 0 Å². The summed E-state index contributed by atoms with van der Waals surface area (Å²) in [5, 5.41) is 7.10. The SMILES string of the molecule is COC(C)(C)CCC[C@@H](C)[C@H](C)NCCN1CCNCC1. The van der Waals surface area contributed by atoms with Gasteiger partial charge in [-0.25, -0.2) is 0 Å². The first-order chi connectivity index (χ1) is 9.94. The van der Waals surface area contributed by atoms with Crippen LogP contribution in [0.3, 0.4) is 0 Å². The Labute approximate surface area is 132 Å². The second-order valence-electron chi connectivity index (χ2n) is 7.17. The molecule has 0 aromatic heterocycles. The lowest BCUT2D eigenvalue weighted by Crippen LogP contribution is -2.47. The van der Waals surface area contributed by atoms with Crippen molar-refractivity contribution in [3.8, 4) is 0 Å². The average molecular weight is 300 g/mol. The van der Waals surface area contributed by atoms with E-state index in [-0.39, 0.29) is 5.60 Å². The fraction of sp³-hybridized carbons (Fsp3) is 1.00. The fourth-order valence-corrected chi connectivity index (χ4v) is 2.79. The Hall–Kier alpha value is -0.160. The van der Waals surface area contributed by atoms with E-state index in [0.717, 1.165) is 32.0 Å². The van der Waals surface area contributed by atoms with Crippen molar-refractivity contribution in [2.45, 2.75) is 58.6 Å². The second kappa shape index (κ2) is 9.78. The molecule has 1 rings (SSSR count). The van der Waals surface area contributed by atoms with Crippen LogP contribution in [0.5, 0.6) is 0 Å². The standard InChI is InChI=1S/C17H37N3O/c1-15(7-6-8-17(3,4)21-5)16(2)19-11-14-20-12-9-18-10-13-20/h15-16,18-19H,6-14H2,1-5H3/t15-,16+/m1/s1. The van der Waals surface area contributed by atoms with Crippen molar-refractivity contribution in [1.29, 1.82) is 0 Å². The van der Waals surface area contributed by atoms with Gasteiger partial charge in [-0.05, 0) is 39.5 Å². The molecule has 0 spiro atoms. The van der Waals surface area contributed by atoms with Gasteiger partial charge in [0.1, 0.15) is 0 Å². The minimum absolute atomic E-state index is 0.0265. The van der Waals surface area contributed by atoms with Crippen LogP contribution in [0, 0.1) is 5.92 Å². The van der Waals surface area contributed by atoms with Crippen LogP contribution in [-0.2, 0) is 4.74 Å². The molecule has 1 saturated heterocycles. The molecule has 2 atom stereocenters. The van der Waals surface area contributed by atoms with Crippen LogP contribution in [0.4, 0.5) is 0 Å². The number of rotatable bonds is 10. The van der Waals surface area contributed by atoms with Crippen LogP contribution in [0.25, 0.3) is 0 Å². The Kier molecular flexibility index (Phi) is 8.79. The quantitative estimate of drug-likeness (QED) is 0.648. The molecule has 0 aromatic rings. The van der Waals surface area contributed by atoms with E-state index in [2.05, 4.69) is 43.2 Å². The minimum Gasteiger partial charge on any atom is -0.379 e. The highest BCUT2D eigenvalue weighted by Gasteiger charge is 2.18. The second-order valence-corrected chi connectivity index (χ2v) is 7.17. The zero-order valence-corrected chi connectivity index (χ0v) is 14.9. The van der Waals surface area contributed by atoms with E-state index in [1.807, 2.05) is 7.11 Å². The lowest BCUT2D eigenvalue weighted by molar-refractivity contribution is 0.0125. The smallest absolute Gasteiger partial charge is 0.0622 e. The Morgan fingerprint density at radius 2 is 1.90 bits per heavy atom. The van der Waals surface area contributed by atoms with Gasteiger partial charge in [0.2, 0.25) is 0 Å². The van der Waals surface area contributed by atoms with Crippen LogP contribution in [0.15, 0.2) is 0 Å². The normalized spacial score (nSPS) is 20.4. The third-order valence-electron chi connectivity index (χ3n) is 4.95. The van der Waals surface area contributed by atoms with Gasteiger partial charge in [-0.1, -0.05) is 13.3 Å². The van der Waals surface area contributed by atoms with Crippen molar-refractivity contribution in [1.82, 2.24) is 15.5 Å². The summed E-state index contributed by atoms with van der Waals surface area (Å²) in [6, 6.07) is 0.596. The molecule has 0 aliphatic carbocycles. The van der Waals surface area contributed by atoms with E-state index in [9.17, 15) is 0 Å². The third-order valence-corrected chi connectivity index (χ3v) is 4.95. The highest BCUT2D eigenvalue weighted by Crippen LogP contribution is 2.20. The van der Waals surface area contributed by atoms with Gasteiger partial charge in [0.25, 0.3) is 0 Å². The first-order valence-electron chi connectivity index (χ1n) is 8.66. The topological polar surface area (TPSA) is 36.5 Å². The van der Waals surface area contributed by atoms with Crippen molar-refractivity contribution in [3.63, 3.8) is 0 Å². The summed E-state index contributed by atoms with van der Waals surface area (Å²) in [5.74, 6) is 0.723. The summed E-state index contributed by atoms with van der Waals surface area (Å²) in [6.45, 7) is 16.0. The molecule has 126 valence electrons. The molecule has 0 bridgehead atoms. The van der Waals surface area contributed by atoms with Gasteiger partial charge in [0.15, 0.2) is 0 Å². The maximum Gasteiger partial charge on any atom is 0.0622 e. The maximum absolute atomic E-state index is 5.49. The van der Waals surface area contributed by atoms with Crippen LogP contribution in [0.1, 0.15) is 47.0 Å². The molecular formula is C17H37N3O. The molecule has 21 heavy (non-hydrogen) atoms. The maximum atomic E-state index is 5.49. The first kappa shape index (κ1) is 18.9. The highest BCUT2D eigenvalue weighted by atomic mass is 16.5. The molecule has 4 heteroatoms. The number of piperazine rings is 1.